The van der Waals surface area contributed by atoms with Crippen LogP contribution in [-0.4, -0.2) is 36.0 Å². The number of nitrogens with zero attached hydrogens (tertiary/aromatic N) is 2. The van der Waals surface area contributed by atoms with Crippen LogP contribution in [0.1, 0.15) is 45.2 Å². The molecule has 25 heavy (non-hydrogen) atoms. The fourth-order valence-electron chi connectivity index (χ4n) is 3.46. The Kier molecular flexibility index (Phi) is 5.74. The Bertz CT molecular complexity index is 716. The molecule has 0 aliphatic carbocycles. The molecule has 1 aromatic carbocycles. The molecule has 0 bridgehead atoms. The molecule has 1 aromatic heterocycles. The van der Waals surface area contributed by atoms with E-state index in [2.05, 4.69) is 17.1 Å². The molecule has 2 aromatic rings. The molecule has 0 atom stereocenters. The predicted octanol–water partition coefficient (Wildman–Crippen LogP) is 4.25. The number of aromatic nitrogens is 1. The summed E-state index contributed by atoms with van der Waals surface area (Å²) in [6, 6.07) is 8.34. The van der Waals surface area contributed by atoms with Crippen LogP contribution in [0.2, 0.25) is 0 Å². The number of thiazole rings is 1. The van der Waals surface area contributed by atoms with Gasteiger partial charge in [-0.3, -0.25) is 4.79 Å². The lowest BCUT2D eigenvalue weighted by atomic mass is 9.90. The number of piperidine rings is 1. The van der Waals surface area contributed by atoms with E-state index in [4.69, 9.17) is 4.74 Å². The molecule has 2 heterocycles. The summed E-state index contributed by atoms with van der Waals surface area (Å²) in [5.41, 5.74) is 2.23. The van der Waals surface area contributed by atoms with Crippen LogP contribution >= 0.6 is 11.3 Å². The highest BCUT2D eigenvalue weighted by Gasteiger charge is 2.25. The maximum absolute atomic E-state index is 12.7. The summed E-state index contributed by atoms with van der Waals surface area (Å²) in [6.45, 7) is 5.61. The Morgan fingerprint density at radius 2 is 1.92 bits per heavy atom. The van der Waals surface area contributed by atoms with Crippen molar-refractivity contribution in [1.29, 1.82) is 0 Å². The third-order valence-corrected chi connectivity index (χ3v) is 6.06. The third-order valence-electron chi connectivity index (χ3n) is 5.00. The first-order valence-electron chi connectivity index (χ1n) is 8.93. The molecule has 1 saturated heterocycles. The minimum absolute atomic E-state index is 0.164. The number of amides is 1. The summed E-state index contributed by atoms with van der Waals surface area (Å²) in [4.78, 5) is 19.9. The number of hydrogen-bond acceptors (Lipinski definition) is 4. The first-order valence-corrected chi connectivity index (χ1v) is 9.74. The van der Waals surface area contributed by atoms with Crippen molar-refractivity contribution in [2.45, 2.75) is 39.5 Å². The Balaban J connectivity index is 1.48. The van der Waals surface area contributed by atoms with Crippen molar-refractivity contribution in [2.75, 3.05) is 20.2 Å². The maximum atomic E-state index is 12.7. The molecule has 0 spiro atoms. The van der Waals surface area contributed by atoms with Crippen LogP contribution in [0.5, 0.6) is 5.75 Å². The summed E-state index contributed by atoms with van der Waals surface area (Å²) in [6.07, 6.45) is 4.47. The number of carbonyl (C=O) groups excluding carboxylic acids is 1. The van der Waals surface area contributed by atoms with Crippen molar-refractivity contribution in [2.24, 2.45) is 5.92 Å². The van der Waals surface area contributed by atoms with Crippen molar-refractivity contribution in [3.8, 4) is 5.75 Å². The molecule has 1 aliphatic rings. The van der Waals surface area contributed by atoms with Gasteiger partial charge in [0.05, 0.1) is 17.8 Å². The lowest BCUT2D eigenvalue weighted by Gasteiger charge is -2.32. The highest BCUT2D eigenvalue weighted by Crippen LogP contribution is 2.26. The van der Waals surface area contributed by atoms with Gasteiger partial charge in [-0.05, 0) is 63.1 Å². The number of benzene rings is 1. The van der Waals surface area contributed by atoms with Gasteiger partial charge in [0.15, 0.2) is 0 Å². The summed E-state index contributed by atoms with van der Waals surface area (Å²) in [5.74, 6) is 1.77. The van der Waals surface area contributed by atoms with Crippen LogP contribution in [0.4, 0.5) is 0 Å². The number of methoxy groups -OCH3 is 1. The standard InChI is InChI=1S/C20H26N2O2S/c1-14-19(25-15(2)21-14)20(23)22-12-10-17(11-13-22)5-4-16-6-8-18(24-3)9-7-16/h6-9,17H,4-5,10-13H2,1-3H3. The molecule has 1 fully saturated rings. The van der Waals surface area contributed by atoms with Crippen LogP contribution in [0.15, 0.2) is 24.3 Å². The highest BCUT2D eigenvalue weighted by molar-refractivity contribution is 7.13. The van der Waals surface area contributed by atoms with E-state index in [9.17, 15) is 4.79 Å². The van der Waals surface area contributed by atoms with Gasteiger partial charge in [-0.2, -0.15) is 0 Å². The second-order valence-electron chi connectivity index (χ2n) is 6.77. The minimum atomic E-state index is 0.164. The number of rotatable bonds is 5. The van der Waals surface area contributed by atoms with Crippen molar-refractivity contribution in [1.82, 2.24) is 9.88 Å². The normalized spacial score (nSPS) is 15.4. The molecule has 0 unspecified atom stereocenters. The number of aryl methyl sites for hydroxylation is 3. The summed E-state index contributed by atoms with van der Waals surface area (Å²) in [5, 5.41) is 0.968. The van der Waals surface area contributed by atoms with Crippen molar-refractivity contribution >= 4 is 17.2 Å². The zero-order valence-corrected chi connectivity index (χ0v) is 16.1. The average Bonchev–Trinajstić information content (AvgIpc) is 2.98. The van der Waals surface area contributed by atoms with Crippen LogP contribution < -0.4 is 4.74 Å². The van der Waals surface area contributed by atoms with E-state index < -0.39 is 0 Å². The molecule has 1 amide bonds. The number of likely N-dealkylation sites (tertiary alicyclic amines) is 1. The van der Waals surface area contributed by atoms with E-state index in [1.54, 1.807) is 7.11 Å². The van der Waals surface area contributed by atoms with Gasteiger partial charge in [-0.1, -0.05) is 12.1 Å². The summed E-state index contributed by atoms with van der Waals surface area (Å²) < 4.78 is 5.20. The van der Waals surface area contributed by atoms with E-state index in [1.165, 1.54) is 23.3 Å². The Hall–Kier alpha value is -1.88. The van der Waals surface area contributed by atoms with Crippen molar-refractivity contribution < 1.29 is 9.53 Å². The molecule has 0 saturated carbocycles. The van der Waals surface area contributed by atoms with Gasteiger partial charge < -0.3 is 9.64 Å². The topological polar surface area (TPSA) is 42.4 Å². The molecule has 0 N–H and O–H groups in total. The zero-order valence-electron chi connectivity index (χ0n) is 15.2. The zero-order chi connectivity index (χ0) is 17.8. The van der Waals surface area contributed by atoms with Crippen LogP contribution in [-0.2, 0) is 6.42 Å². The molecule has 134 valence electrons. The second-order valence-corrected chi connectivity index (χ2v) is 7.97. The van der Waals surface area contributed by atoms with E-state index in [-0.39, 0.29) is 5.91 Å². The van der Waals surface area contributed by atoms with Crippen molar-refractivity contribution in [3.63, 3.8) is 0 Å². The highest BCUT2D eigenvalue weighted by atomic mass is 32.1. The Labute approximate surface area is 153 Å². The monoisotopic (exact) mass is 358 g/mol. The number of carbonyl (C=O) groups is 1. The van der Waals surface area contributed by atoms with Crippen molar-refractivity contribution in [3.05, 3.63) is 45.4 Å². The van der Waals surface area contributed by atoms with Gasteiger partial charge >= 0.3 is 0 Å². The number of ether oxygens (including phenoxy) is 1. The molecule has 3 rings (SSSR count). The SMILES string of the molecule is COc1ccc(CCC2CCN(C(=O)c3sc(C)nc3C)CC2)cc1. The van der Waals surface area contributed by atoms with E-state index in [1.807, 2.05) is 30.9 Å². The van der Waals surface area contributed by atoms with E-state index in [0.717, 1.165) is 53.7 Å². The minimum Gasteiger partial charge on any atom is -0.497 e. The second kappa shape index (κ2) is 8.00. The van der Waals surface area contributed by atoms with Gasteiger partial charge in [0.1, 0.15) is 10.6 Å². The largest absolute Gasteiger partial charge is 0.497 e. The molecule has 1 aliphatic heterocycles. The lowest BCUT2D eigenvalue weighted by Crippen LogP contribution is -2.38. The first-order chi connectivity index (χ1) is 12.1. The molecule has 4 nitrogen and oxygen atoms in total. The first kappa shape index (κ1) is 17.9. The number of hydrogen-bond donors (Lipinski definition) is 0. The van der Waals surface area contributed by atoms with Crippen LogP contribution in [0.25, 0.3) is 0 Å². The van der Waals surface area contributed by atoms with Gasteiger partial charge in [-0.25, -0.2) is 4.98 Å². The van der Waals surface area contributed by atoms with Crippen LogP contribution in [0, 0.1) is 19.8 Å². The van der Waals surface area contributed by atoms with Gasteiger partial charge in [-0.15, -0.1) is 11.3 Å². The quantitative estimate of drug-likeness (QED) is 0.802. The van der Waals surface area contributed by atoms with E-state index in [0.29, 0.717) is 5.92 Å². The summed E-state index contributed by atoms with van der Waals surface area (Å²) in [7, 11) is 1.69. The van der Waals surface area contributed by atoms with E-state index >= 15 is 0 Å². The summed E-state index contributed by atoms with van der Waals surface area (Å²) >= 11 is 1.51. The van der Waals surface area contributed by atoms with Gasteiger partial charge in [0.2, 0.25) is 0 Å². The predicted molar refractivity (Wildman–Crippen MR) is 102 cm³/mol. The Morgan fingerprint density at radius 1 is 1.24 bits per heavy atom. The molecule has 0 radical (unpaired) electrons. The third kappa shape index (κ3) is 4.40. The molecular formula is C20H26N2O2S. The fraction of sp³-hybridized carbons (Fsp3) is 0.500. The fourth-order valence-corrected chi connectivity index (χ4v) is 4.35. The van der Waals surface area contributed by atoms with Gasteiger partial charge in [0, 0.05) is 13.1 Å². The molecular weight excluding hydrogens is 332 g/mol. The van der Waals surface area contributed by atoms with Crippen LogP contribution in [0.3, 0.4) is 0 Å². The maximum Gasteiger partial charge on any atom is 0.265 e. The smallest absolute Gasteiger partial charge is 0.265 e. The Morgan fingerprint density at radius 3 is 2.48 bits per heavy atom. The molecule has 5 heteroatoms. The average molecular weight is 359 g/mol. The van der Waals surface area contributed by atoms with Gasteiger partial charge in [0.25, 0.3) is 5.91 Å². The lowest BCUT2D eigenvalue weighted by molar-refractivity contribution is 0.0691.